The monoisotopic (exact) mass is 227 g/mol. The molecule has 0 saturated carbocycles. The Kier molecular flexibility index (Phi) is 5.10. The molecule has 88 valence electrons. The summed E-state index contributed by atoms with van der Waals surface area (Å²) in [4.78, 5) is 21.3. The topological polar surface area (TPSA) is 55.4 Å². The Morgan fingerprint density at radius 3 is 2.33 bits per heavy atom. The van der Waals surface area contributed by atoms with Gasteiger partial charge < -0.3 is 10.1 Å². The van der Waals surface area contributed by atoms with Gasteiger partial charge in [-0.1, -0.05) is 0 Å². The van der Waals surface area contributed by atoms with Crippen molar-refractivity contribution in [3.05, 3.63) is 0 Å². The van der Waals surface area contributed by atoms with E-state index in [-0.39, 0.29) is 12.3 Å². The summed E-state index contributed by atoms with van der Waals surface area (Å²) in [5, 5.41) is 2.35. The number of esters is 1. The number of nitrogens with one attached hydrogen (secondary N) is 1. The fourth-order valence-electron chi connectivity index (χ4n) is 0.869. The van der Waals surface area contributed by atoms with E-state index < -0.39 is 24.8 Å². The van der Waals surface area contributed by atoms with E-state index in [0.717, 1.165) is 0 Å². The molecule has 0 radical (unpaired) electrons. The highest BCUT2D eigenvalue weighted by atomic mass is 19.4. The molecule has 0 aliphatic carbocycles. The van der Waals surface area contributed by atoms with Crippen LogP contribution >= 0.6 is 0 Å². The van der Waals surface area contributed by atoms with Gasteiger partial charge in [0, 0.05) is 13.0 Å². The number of amides is 1. The number of halogens is 3. The minimum Gasteiger partial charge on any atom is -0.456 e. The quantitative estimate of drug-likeness (QED) is 0.729. The Labute approximate surface area is 84.8 Å². The fraction of sp³-hybridized carbons (Fsp3) is 0.750. The highest BCUT2D eigenvalue weighted by molar-refractivity contribution is 5.75. The van der Waals surface area contributed by atoms with Crippen LogP contribution in [0.3, 0.4) is 0 Å². The first-order valence-corrected chi connectivity index (χ1v) is 4.20. The zero-order valence-electron chi connectivity index (χ0n) is 8.35. The summed E-state index contributed by atoms with van der Waals surface area (Å²) < 4.78 is 38.8. The zero-order valence-corrected chi connectivity index (χ0v) is 8.35. The summed E-state index contributed by atoms with van der Waals surface area (Å²) in [6.45, 7) is 1.15. The highest BCUT2D eigenvalue weighted by Crippen LogP contribution is 2.14. The summed E-state index contributed by atoms with van der Waals surface area (Å²) in [6, 6.07) is -0.539. The van der Waals surface area contributed by atoms with Gasteiger partial charge in [0.25, 0.3) is 0 Å². The molecule has 0 aliphatic rings. The van der Waals surface area contributed by atoms with Crippen LogP contribution in [0.25, 0.3) is 0 Å². The second-order valence-electron chi connectivity index (χ2n) is 3.08. The van der Waals surface area contributed by atoms with Crippen LogP contribution in [0.2, 0.25) is 0 Å². The van der Waals surface area contributed by atoms with Crippen molar-refractivity contribution >= 4 is 11.9 Å². The lowest BCUT2D eigenvalue weighted by Gasteiger charge is -2.12. The molecule has 0 aromatic carbocycles. The summed E-state index contributed by atoms with van der Waals surface area (Å²) in [5.74, 6) is -1.35. The number of carbonyl (C=O) groups excluding carboxylic acids is 2. The van der Waals surface area contributed by atoms with Crippen LogP contribution in [0.5, 0.6) is 0 Å². The van der Waals surface area contributed by atoms with Gasteiger partial charge in [-0.15, -0.1) is 0 Å². The van der Waals surface area contributed by atoms with Crippen molar-refractivity contribution in [2.24, 2.45) is 0 Å². The second kappa shape index (κ2) is 5.57. The number of carbonyl (C=O) groups is 2. The molecule has 7 heteroatoms. The second-order valence-corrected chi connectivity index (χ2v) is 3.08. The molecule has 0 saturated heterocycles. The van der Waals surface area contributed by atoms with Crippen molar-refractivity contribution in [3.8, 4) is 0 Å². The van der Waals surface area contributed by atoms with Gasteiger partial charge in [0.15, 0.2) is 6.61 Å². The van der Waals surface area contributed by atoms with Gasteiger partial charge in [-0.2, -0.15) is 13.2 Å². The smallest absolute Gasteiger partial charge is 0.422 e. The number of hydrogen-bond acceptors (Lipinski definition) is 3. The van der Waals surface area contributed by atoms with Gasteiger partial charge >= 0.3 is 12.1 Å². The lowest BCUT2D eigenvalue weighted by atomic mass is 10.2. The largest absolute Gasteiger partial charge is 0.456 e. The van der Waals surface area contributed by atoms with E-state index in [9.17, 15) is 22.8 Å². The normalized spacial score (nSPS) is 13.1. The molecule has 1 N–H and O–H groups in total. The van der Waals surface area contributed by atoms with Gasteiger partial charge in [0.2, 0.25) is 5.91 Å². The van der Waals surface area contributed by atoms with Crippen molar-refractivity contribution in [1.82, 2.24) is 5.32 Å². The maximum Gasteiger partial charge on any atom is 0.422 e. The van der Waals surface area contributed by atoms with Crippen molar-refractivity contribution in [1.29, 1.82) is 0 Å². The average Bonchev–Trinajstić information content (AvgIpc) is 1.97. The molecule has 15 heavy (non-hydrogen) atoms. The predicted molar refractivity (Wildman–Crippen MR) is 44.9 cm³/mol. The Morgan fingerprint density at radius 1 is 1.40 bits per heavy atom. The number of rotatable bonds is 4. The summed E-state index contributed by atoms with van der Waals surface area (Å²) in [7, 11) is 0. The van der Waals surface area contributed by atoms with Crippen molar-refractivity contribution in [2.75, 3.05) is 6.61 Å². The Morgan fingerprint density at radius 2 is 1.93 bits per heavy atom. The van der Waals surface area contributed by atoms with Crippen molar-refractivity contribution < 1.29 is 27.5 Å². The fourth-order valence-corrected chi connectivity index (χ4v) is 0.869. The summed E-state index contributed by atoms with van der Waals surface area (Å²) in [5.41, 5.74) is 0. The maximum atomic E-state index is 11.6. The molecule has 0 unspecified atom stereocenters. The standard InChI is InChI=1S/C8H12F3NO3/c1-5(12-6(2)13)3-7(14)15-4-8(9,10)11/h5H,3-4H2,1-2H3,(H,12,13)/t5-/m0/s1. The molecule has 0 bridgehead atoms. The Hall–Kier alpha value is -1.27. The van der Waals surface area contributed by atoms with Crippen LogP contribution in [0.1, 0.15) is 20.3 Å². The molecule has 0 aliphatic heterocycles. The molecule has 0 spiro atoms. The van der Waals surface area contributed by atoms with Gasteiger partial charge in [-0.25, -0.2) is 0 Å². The van der Waals surface area contributed by atoms with Crippen LogP contribution in [0.15, 0.2) is 0 Å². The van der Waals surface area contributed by atoms with Crippen LogP contribution in [-0.2, 0) is 14.3 Å². The van der Waals surface area contributed by atoms with Gasteiger partial charge in [0.1, 0.15) is 0 Å². The van der Waals surface area contributed by atoms with E-state index >= 15 is 0 Å². The summed E-state index contributed by atoms with van der Waals surface area (Å²) >= 11 is 0. The molecule has 0 aromatic rings. The van der Waals surface area contributed by atoms with E-state index in [4.69, 9.17) is 0 Å². The SMILES string of the molecule is CC(=O)N[C@@H](C)CC(=O)OCC(F)(F)F. The van der Waals surface area contributed by atoms with Gasteiger partial charge in [-0.05, 0) is 6.92 Å². The predicted octanol–water partition coefficient (Wildman–Crippen LogP) is 1.01. The minimum absolute atomic E-state index is 0.282. The number of ether oxygens (including phenoxy) is 1. The van der Waals surface area contributed by atoms with Crippen molar-refractivity contribution in [3.63, 3.8) is 0 Å². The molecule has 0 fully saturated rings. The van der Waals surface area contributed by atoms with Crippen LogP contribution < -0.4 is 5.32 Å². The molecule has 0 heterocycles. The molecular weight excluding hydrogens is 215 g/mol. The highest BCUT2D eigenvalue weighted by Gasteiger charge is 2.29. The third-order valence-corrected chi connectivity index (χ3v) is 1.32. The van der Waals surface area contributed by atoms with Crippen LogP contribution in [-0.4, -0.2) is 30.7 Å². The van der Waals surface area contributed by atoms with E-state index in [1.807, 2.05) is 0 Å². The molecule has 1 amide bonds. The maximum absolute atomic E-state index is 11.6. The first-order valence-electron chi connectivity index (χ1n) is 4.20. The first kappa shape index (κ1) is 13.7. The third kappa shape index (κ3) is 9.04. The molecular formula is C8H12F3NO3. The lowest BCUT2D eigenvalue weighted by molar-refractivity contribution is -0.186. The lowest BCUT2D eigenvalue weighted by Crippen LogP contribution is -2.33. The number of hydrogen-bond donors (Lipinski definition) is 1. The average molecular weight is 227 g/mol. The first-order chi connectivity index (χ1) is 6.70. The summed E-state index contributed by atoms with van der Waals surface area (Å²) in [6.07, 6.45) is -4.80. The molecule has 0 aromatic heterocycles. The van der Waals surface area contributed by atoms with E-state index in [1.165, 1.54) is 13.8 Å². The van der Waals surface area contributed by atoms with Crippen molar-refractivity contribution in [2.45, 2.75) is 32.5 Å². The minimum atomic E-state index is -4.52. The Balaban J connectivity index is 3.79. The van der Waals surface area contributed by atoms with Crippen LogP contribution in [0.4, 0.5) is 13.2 Å². The Bertz CT molecular complexity index is 240. The van der Waals surface area contributed by atoms with E-state index in [0.29, 0.717) is 0 Å². The van der Waals surface area contributed by atoms with Crippen LogP contribution in [0, 0.1) is 0 Å². The molecule has 1 atom stereocenters. The molecule has 4 nitrogen and oxygen atoms in total. The number of alkyl halides is 3. The zero-order chi connectivity index (χ0) is 12.1. The third-order valence-electron chi connectivity index (χ3n) is 1.32. The van der Waals surface area contributed by atoms with E-state index in [1.54, 1.807) is 0 Å². The van der Waals surface area contributed by atoms with Gasteiger partial charge in [-0.3, -0.25) is 9.59 Å². The van der Waals surface area contributed by atoms with Gasteiger partial charge in [0.05, 0.1) is 6.42 Å². The molecule has 0 rings (SSSR count). The van der Waals surface area contributed by atoms with E-state index in [2.05, 4.69) is 10.1 Å².